The van der Waals surface area contributed by atoms with Gasteiger partial charge in [0.15, 0.2) is 0 Å². The summed E-state index contributed by atoms with van der Waals surface area (Å²) in [4.78, 5) is 0. The van der Waals surface area contributed by atoms with Crippen LogP contribution < -0.4 is 0 Å². The number of unbranched alkanes of at least 4 members (excludes halogenated alkanes) is 3. The molecule has 1 atom stereocenters. The van der Waals surface area contributed by atoms with E-state index < -0.39 is 18.4 Å². The van der Waals surface area contributed by atoms with Crippen LogP contribution in [0.3, 0.4) is 0 Å². The first-order chi connectivity index (χ1) is 10.1. The molecule has 0 fully saturated rings. The van der Waals surface area contributed by atoms with E-state index in [9.17, 15) is 5.11 Å². The van der Waals surface area contributed by atoms with Gasteiger partial charge in [-0.1, -0.05) is 0 Å². The Morgan fingerprint density at radius 3 is 1.71 bits per heavy atom. The van der Waals surface area contributed by atoms with Gasteiger partial charge in [-0.25, -0.2) is 0 Å². The van der Waals surface area contributed by atoms with E-state index in [1.807, 2.05) is 6.92 Å². The van der Waals surface area contributed by atoms with Crippen LogP contribution in [0.4, 0.5) is 0 Å². The molecule has 0 aliphatic carbocycles. The summed E-state index contributed by atoms with van der Waals surface area (Å²) in [5, 5.41) is 9.30. The molecule has 0 bridgehead atoms. The van der Waals surface area contributed by atoms with Crippen LogP contribution in [0.25, 0.3) is 0 Å². The molecule has 0 aliphatic heterocycles. The van der Waals surface area contributed by atoms with Crippen LogP contribution in [0.15, 0.2) is 22.3 Å². The first-order valence-corrected chi connectivity index (χ1v) is 16.8. The molecule has 0 unspecified atom stereocenters. The average molecular weight is 401 g/mol. The van der Waals surface area contributed by atoms with Gasteiger partial charge in [-0.2, -0.15) is 0 Å². The van der Waals surface area contributed by atoms with Crippen molar-refractivity contribution < 1.29 is 5.11 Å². The summed E-state index contributed by atoms with van der Waals surface area (Å²) in [6.07, 6.45) is 15.4. The normalized spacial score (nSPS) is 14.3. The van der Waals surface area contributed by atoms with Crippen LogP contribution in [-0.4, -0.2) is 29.6 Å². The van der Waals surface area contributed by atoms with Crippen LogP contribution in [0.1, 0.15) is 72.6 Å². The fraction of sp³-hybridized carbons (Fsp3) is 0.789. The summed E-state index contributed by atoms with van der Waals surface area (Å²) in [6.45, 7) is 8.81. The Kier molecular flexibility index (Phi) is 14.0. The number of rotatable bonds is 13. The minimum absolute atomic E-state index is 0.219. The maximum absolute atomic E-state index is 9.30. The van der Waals surface area contributed by atoms with Crippen LogP contribution >= 0.6 is 0 Å². The molecular weight excluding hydrogens is 363 g/mol. The molecule has 0 amide bonds. The Hall–Kier alpha value is 0.239. The molecule has 0 rings (SSSR count). The van der Waals surface area contributed by atoms with Crippen LogP contribution in [0.2, 0.25) is 13.3 Å². The van der Waals surface area contributed by atoms with E-state index in [2.05, 4.69) is 43.1 Å². The molecule has 0 saturated heterocycles. The van der Waals surface area contributed by atoms with Gasteiger partial charge in [-0.05, 0) is 0 Å². The Labute approximate surface area is 137 Å². The van der Waals surface area contributed by atoms with Gasteiger partial charge >= 0.3 is 138 Å². The quantitative estimate of drug-likeness (QED) is 0.285. The zero-order chi connectivity index (χ0) is 16.0. The zero-order valence-electron chi connectivity index (χ0n) is 14.9. The molecule has 0 aromatic heterocycles. The molecule has 0 aromatic carbocycles. The third kappa shape index (κ3) is 11.5. The van der Waals surface area contributed by atoms with Crippen LogP contribution in [0, 0.1) is 0 Å². The first-order valence-electron chi connectivity index (χ1n) is 9.12. The molecule has 1 N–H and O–H groups in total. The van der Waals surface area contributed by atoms with E-state index in [1.165, 1.54) is 51.8 Å². The summed E-state index contributed by atoms with van der Waals surface area (Å²) >= 11 is -2.06. The van der Waals surface area contributed by atoms with Gasteiger partial charge in [0.05, 0.1) is 0 Å². The van der Waals surface area contributed by atoms with Gasteiger partial charge in [0.2, 0.25) is 0 Å². The van der Waals surface area contributed by atoms with Crippen molar-refractivity contribution in [1.29, 1.82) is 0 Å². The fourth-order valence-electron chi connectivity index (χ4n) is 2.83. The first kappa shape index (κ1) is 21.2. The van der Waals surface area contributed by atoms with Crippen molar-refractivity contribution >= 4 is 18.4 Å². The average Bonchev–Trinajstić information content (AvgIpc) is 2.47. The Morgan fingerprint density at radius 1 is 0.857 bits per heavy atom. The van der Waals surface area contributed by atoms with Crippen molar-refractivity contribution in [2.24, 2.45) is 0 Å². The van der Waals surface area contributed by atoms with Crippen molar-refractivity contribution in [2.75, 3.05) is 0 Å². The second kappa shape index (κ2) is 13.9. The van der Waals surface area contributed by atoms with Gasteiger partial charge in [-0.15, -0.1) is 0 Å². The van der Waals surface area contributed by atoms with Crippen LogP contribution in [-0.2, 0) is 0 Å². The fourth-order valence-corrected chi connectivity index (χ4v) is 16.9. The molecule has 0 radical (unpaired) electrons. The van der Waals surface area contributed by atoms with E-state index in [4.69, 9.17) is 0 Å². The van der Waals surface area contributed by atoms with E-state index in [0.29, 0.717) is 0 Å². The van der Waals surface area contributed by atoms with E-state index in [1.54, 1.807) is 0 Å². The summed E-state index contributed by atoms with van der Waals surface area (Å²) in [5.74, 6) is 0. The topological polar surface area (TPSA) is 20.2 Å². The zero-order valence-corrected chi connectivity index (χ0v) is 17.8. The second-order valence-electron chi connectivity index (χ2n) is 6.55. The van der Waals surface area contributed by atoms with Crippen molar-refractivity contribution in [3.8, 4) is 0 Å². The predicted molar refractivity (Wildman–Crippen MR) is 99.5 cm³/mol. The molecule has 0 aliphatic rings. The van der Waals surface area contributed by atoms with E-state index >= 15 is 0 Å². The summed E-state index contributed by atoms with van der Waals surface area (Å²) in [6, 6.07) is 0. The Morgan fingerprint density at radius 2 is 1.33 bits per heavy atom. The Bertz CT molecular complexity index is 260. The van der Waals surface area contributed by atoms with Crippen molar-refractivity contribution in [3.05, 3.63) is 22.3 Å². The minimum atomic E-state index is -2.06. The van der Waals surface area contributed by atoms with Crippen molar-refractivity contribution in [2.45, 2.75) is 92.1 Å². The van der Waals surface area contributed by atoms with Gasteiger partial charge in [0.25, 0.3) is 0 Å². The standard InChI is InChI=1S/C7H11O.3C4H9.Sn/c1-3-4-5-6-7(2)8;3*1-3-4-2;/h1,3-5,7-8H,6H2,2H3;3*1,3-4H2,2H3;/b3-1?,5-4+;;;;/t7-;;;;/m1..../s1. The number of hydrogen-bond donors (Lipinski definition) is 1. The molecular formula is C19H38OSn. The van der Waals surface area contributed by atoms with Gasteiger partial charge in [0, 0.05) is 0 Å². The molecule has 0 spiro atoms. The third-order valence-corrected chi connectivity index (χ3v) is 18.4. The number of aliphatic hydroxyl groups is 1. The van der Waals surface area contributed by atoms with Crippen molar-refractivity contribution in [1.82, 2.24) is 0 Å². The number of aliphatic hydroxyl groups excluding tert-OH is 1. The molecule has 2 heteroatoms. The summed E-state index contributed by atoms with van der Waals surface area (Å²) in [7, 11) is 0. The summed E-state index contributed by atoms with van der Waals surface area (Å²) in [5.41, 5.74) is 0. The van der Waals surface area contributed by atoms with Gasteiger partial charge in [-0.3, -0.25) is 0 Å². The number of hydrogen-bond acceptors (Lipinski definition) is 1. The molecule has 1 nitrogen and oxygen atoms in total. The molecule has 0 aromatic rings. The molecule has 21 heavy (non-hydrogen) atoms. The Balaban J connectivity index is 4.76. The summed E-state index contributed by atoms with van der Waals surface area (Å²) < 4.78 is 7.28. The maximum atomic E-state index is 9.30. The van der Waals surface area contributed by atoms with Crippen LogP contribution in [0.5, 0.6) is 0 Å². The molecule has 0 heterocycles. The third-order valence-electron chi connectivity index (χ3n) is 4.26. The SMILES string of the molecule is CCC[CH2][Sn](/[CH]=C/C=C/C[C@@H](C)O)([CH2]CCC)[CH2]CCC. The van der Waals surface area contributed by atoms with Crippen molar-refractivity contribution in [3.63, 3.8) is 0 Å². The van der Waals surface area contributed by atoms with E-state index in [-0.39, 0.29) is 6.10 Å². The molecule has 124 valence electrons. The second-order valence-corrected chi connectivity index (χ2v) is 19.6. The monoisotopic (exact) mass is 402 g/mol. The van der Waals surface area contributed by atoms with E-state index in [0.717, 1.165) is 6.42 Å². The predicted octanol–water partition coefficient (Wildman–Crippen LogP) is 6.26. The molecule has 0 saturated carbocycles. The van der Waals surface area contributed by atoms with Gasteiger partial charge < -0.3 is 0 Å². The number of allylic oxidation sites excluding steroid dienone is 2. The van der Waals surface area contributed by atoms with Gasteiger partial charge in [0.1, 0.15) is 0 Å².